The van der Waals surface area contributed by atoms with E-state index in [1.807, 2.05) is 6.92 Å². The van der Waals surface area contributed by atoms with Crippen molar-refractivity contribution in [2.75, 3.05) is 19.0 Å². The highest BCUT2D eigenvalue weighted by Crippen LogP contribution is 2.08. The van der Waals surface area contributed by atoms with Gasteiger partial charge in [-0.25, -0.2) is 9.97 Å². The molecule has 7 nitrogen and oxygen atoms in total. The smallest absolute Gasteiger partial charge is 0.305 e. The molecule has 15 heavy (non-hydrogen) atoms. The zero-order valence-electron chi connectivity index (χ0n) is 8.51. The molecule has 0 aliphatic heterocycles. The molecule has 0 radical (unpaired) electrons. The summed E-state index contributed by atoms with van der Waals surface area (Å²) in [5.74, 6) is 0.352. The Morgan fingerprint density at radius 1 is 1.60 bits per heavy atom. The van der Waals surface area contributed by atoms with E-state index in [1.54, 1.807) is 7.11 Å². The fourth-order valence-electron chi connectivity index (χ4n) is 1.00. The van der Waals surface area contributed by atoms with Crippen molar-refractivity contribution in [1.29, 1.82) is 0 Å². The highest BCUT2D eigenvalue weighted by molar-refractivity contribution is 5.31. The minimum Gasteiger partial charge on any atom is -0.383 e. The summed E-state index contributed by atoms with van der Waals surface area (Å²) in [6.07, 6.45) is 2.32. The van der Waals surface area contributed by atoms with Gasteiger partial charge in [0.15, 0.2) is 0 Å². The van der Waals surface area contributed by atoms with Gasteiger partial charge in [-0.15, -0.1) is 0 Å². The number of hydrogen-bond acceptors (Lipinski definition) is 6. The molecule has 7 heteroatoms. The number of ether oxygens (including phenoxy) is 1. The molecule has 0 aliphatic carbocycles. The van der Waals surface area contributed by atoms with E-state index < -0.39 is 4.92 Å². The molecule has 0 spiro atoms. The number of aromatic nitrogens is 2. The van der Waals surface area contributed by atoms with Gasteiger partial charge in [-0.1, -0.05) is 0 Å². The van der Waals surface area contributed by atoms with Gasteiger partial charge in [0, 0.05) is 13.2 Å². The summed E-state index contributed by atoms with van der Waals surface area (Å²) in [6.45, 7) is 2.41. The standard InChI is InChI=1S/C8H12N4O3/c1-6(5-15-2)11-8-9-3-7(4-10-8)12(13)14/h3-4,6H,5H2,1-2H3,(H,9,10,11). The van der Waals surface area contributed by atoms with E-state index in [-0.39, 0.29) is 11.7 Å². The summed E-state index contributed by atoms with van der Waals surface area (Å²) in [6, 6.07) is 0.0523. The van der Waals surface area contributed by atoms with Crippen molar-refractivity contribution in [3.05, 3.63) is 22.5 Å². The number of anilines is 1. The molecule has 1 aromatic heterocycles. The van der Waals surface area contributed by atoms with Gasteiger partial charge in [-0.3, -0.25) is 10.1 Å². The average Bonchev–Trinajstić information content (AvgIpc) is 2.18. The largest absolute Gasteiger partial charge is 0.383 e. The van der Waals surface area contributed by atoms with Crippen LogP contribution >= 0.6 is 0 Å². The van der Waals surface area contributed by atoms with Crippen molar-refractivity contribution in [3.8, 4) is 0 Å². The lowest BCUT2D eigenvalue weighted by atomic mass is 10.4. The van der Waals surface area contributed by atoms with Crippen molar-refractivity contribution in [1.82, 2.24) is 9.97 Å². The zero-order valence-corrected chi connectivity index (χ0v) is 8.51. The van der Waals surface area contributed by atoms with Crippen LogP contribution in [0.3, 0.4) is 0 Å². The van der Waals surface area contributed by atoms with Gasteiger partial charge in [-0.2, -0.15) is 0 Å². The van der Waals surface area contributed by atoms with E-state index in [1.165, 1.54) is 0 Å². The molecule has 1 atom stereocenters. The topological polar surface area (TPSA) is 90.2 Å². The van der Waals surface area contributed by atoms with Gasteiger partial charge in [0.1, 0.15) is 12.4 Å². The highest BCUT2D eigenvalue weighted by Gasteiger charge is 2.08. The number of hydrogen-bond donors (Lipinski definition) is 1. The molecule has 0 aliphatic rings. The fraction of sp³-hybridized carbons (Fsp3) is 0.500. The monoisotopic (exact) mass is 212 g/mol. The maximum Gasteiger partial charge on any atom is 0.305 e. The summed E-state index contributed by atoms with van der Waals surface area (Å²) in [5.41, 5.74) is -0.125. The summed E-state index contributed by atoms with van der Waals surface area (Å²) < 4.78 is 4.91. The second kappa shape index (κ2) is 5.20. The van der Waals surface area contributed by atoms with Crippen LogP contribution in [0, 0.1) is 10.1 Å². The van der Waals surface area contributed by atoms with Crippen LogP contribution in [0.15, 0.2) is 12.4 Å². The van der Waals surface area contributed by atoms with Crippen LogP contribution in [0.2, 0.25) is 0 Å². The highest BCUT2D eigenvalue weighted by atomic mass is 16.6. The third-order valence-corrected chi connectivity index (χ3v) is 1.64. The molecule has 82 valence electrons. The molecule has 0 aromatic carbocycles. The molecule has 0 fully saturated rings. The van der Waals surface area contributed by atoms with Crippen molar-refractivity contribution < 1.29 is 9.66 Å². The average molecular weight is 212 g/mol. The van der Waals surface area contributed by atoms with Crippen LogP contribution in [0.25, 0.3) is 0 Å². The van der Waals surface area contributed by atoms with Crippen LogP contribution in [-0.2, 0) is 4.74 Å². The predicted octanol–water partition coefficient (Wildman–Crippen LogP) is 0.832. The second-order valence-electron chi connectivity index (χ2n) is 3.02. The summed E-state index contributed by atoms with van der Waals surface area (Å²) >= 11 is 0. The Morgan fingerprint density at radius 3 is 2.67 bits per heavy atom. The molecule has 1 heterocycles. The predicted molar refractivity (Wildman–Crippen MR) is 53.6 cm³/mol. The Labute approximate surface area is 86.6 Å². The van der Waals surface area contributed by atoms with E-state index in [4.69, 9.17) is 4.74 Å². The molecular weight excluding hydrogens is 200 g/mol. The normalized spacial score (nSPS) is 12.1. The Kier molecular flexibility index (Phi) is 3.92. The molecular formula is C8H12N4O3. The van der Waals surface area contributed by atoms with Gasteiger partial charge >= 0.3 is 5.69 Å². The quantitative estimate of drug-likeness (QED) is 0.574. The lowest BCUT2D eigenvalue weighted by molar-refractivity contribution is -0.385. The number of nitro groups is 1. The summed E-state index contributed by atoms with van der Waals surface area (Å²) in [7, 11) is 1.59. The molecule has 0 saturated carbocycles. The maximum atomic E-state index is 10.3. The second-order valence-corrected chi connectivity index (χ2v) is 3.02. The molecule has 1 aromatic rings. The minimum absolute atomic E-state index is 0.0523. The van der Waals surface area contributed by atoms with Crippen molar-refractivity contribution in [2.24, 2.45) is 0 Å². The van der Waals surface area contributed by atoms with Crippen molar-refractivity contribution >= 4 is 11.6 Å². The Bertz CT molecular complexity index is 327. The van der Waals surface area contributed by atoms with E-state index in [0.717, 1.165) is 12.4 Å². The fourth-order valence-corrected chi connectivity index (χ4v) is 1.00. The van der Waals surface area contributed by atoms with Crippen molar-refractivity contribution in [2.45, 2.75) is 13.0 Å². The lowest BCUT2D eigenvalue weighted by Crippen LogP contribution is -2.22. The van der Waals surface area contributed by atoms with Gasteiger partial charge in [0.2, 0.25) is 5.95 Å². The molecule has 1 N–H and O–H groups in total. The van der Waals surface area contributed by atoms with Crippen LogP contribution in [0.5, 0.6) is 0 Å². The van der Waals surface area contributed by atoms with Crippen LogP contribution in [0.4, 0.5) is 11.6 Å². The first-order valence-electron chi connectivity index (χ1n) is 4.35. The first-order chi connectivity index (χ1) is 7.13. The van der Waals surface area contributed by atoms with Crippen LogP contribution in [0.1, 0.15) is 6.92 Å². The molecule has 0 bridgehead atoms. The number of nitrogens with one attached hydrogen (secondary N) is 1. The lowest BCUT2D eigenvalue weighted by Gasteiger charge is -2.11. The van der Waals surface area contributed by atoms with Crippen LogP contribution in [-0.4, -0.2) is 34.6 Å². The van der Waals surface area contributed by atoms with E-state index in [2.05, 4.69) is 15.3 Å². The Balaban J connectivity index is 2.60. The number of rotatable bonds is 5. The molecule has 1 rings (SSSR count). The third-order valence-electron chi connectivity index (χ3n) is 1.64. The molecule has 0 saturated heterocycles. The van der Waals surface area contributed by atoms with Gasteiger partial charge in [0.05, 0.1) is 11.5 Å². The first kappa shape index (κ1) is 11.3. The minimum atomic E-state index is -0.539. The maximum absolute atomic E-state index is 10.3. The Morgan fingerprint density at radius 2 is 2.20 bits per heavy atom. The van der Waals surface area contributed by atoms with E-state index in [0.29, 0.717) is 12.6 Å². The van der Waals surface area contributed by atoms with Gasteiger partial charge in [0.25, 0.3) is 0 Å². The molecule has 1 unspecified atom stereocenters. The number of nitrogens with zero attached hydrogens (tertiary/aromatic N) is 3. The van der Waals surface area contributed by atoms with Crippen LogP contribution < -0.4 is 5.32 Å². The molecule has 0 amide bonds. The zero-order chi connectivity index (χ0) is 11.3. The van der Waals surface area contributed by atoms with Gasteiger partial charge in [-0.05, 0) is 6.92 Å². The SMILES string of the molecule is COCC(C)Nc1ncc([N+](=O)[O-])cn1. The van der Waals surface area contributed by atoms with E-state index in [9.17, 15) is 10.1 Å². The summed E-state index contributed by atoms with van der Waals surface area (Å²) in [4.78, 5) is 17.4. The third kappa shape index (κ3) is 3.47. The summed E-state index contributed by atoms with van der Waals surface area (Å²) in [5, 5.41) is 13.3. The van der Waals surface area contributed by atoms with Gasteiger partial charge < -0.3 is 10.1 Å². The first-order valence-corrected chi connectivity index (χ1v) is 4.35. The van der Waals surface area contributed by atoms with Crippen molar-refractivity contribution in [3.63, 3.8) is 0 Å². The van der Waals surface area contributed by atoms with E-state index >= 15 is 0 Å². The number of methoxy groups -OCH3 is 1. The Hall–Kier alpha value is -1.76.